The fourth-order valence-corrected chi connectivity index (χ4v) is 1.26. The summed E-state index contributed by atoms with van der Waals surface area (Å²) in [5, 5.41) is 1.98. The Kier molecular flexibility index (Phi) is 4.21. The van der Waals surface area contributed by atoms with Crippen LogP contribution < -0.4 is 5.32 Å². The van der Waals surface area contributed by atoms with Gasteiger partial charge < -0.3 is 5.32 Å². The molecule has 0 aromatic rings. The smallest absolute Gasteiger partial charge is 0.312 e. The molecule has 0 aromatic heterocycles. The van der Waals surface area contributed by atoms with Gasteiger partial charge in [-0.25, -0.2) is 0 Å². The largest absolute Gasteiger partial charge is 0.402 e. The van der Waals surface area contributed by atoms with Crippen LogP contribution in [0.1, 0.15) is 6.92 Å². The predicted molar refractivity (Wildman–Crippen MR) is 43.3 cm³/mol. The third-order valence-electron chi connectivity index (χ3n) is 1.88. The molecule has 0 aliphatic carbocycles. The lowest BCUT2D eigenvalue weighted by atomic mass is 9.93. The second-order valence-corrected chi connectivity index (χ2v) is 3.17. The summed E-state index contributed by atoms with van der Waals surface area (Å²) in [6.45, 7) is 4.23. The molecule has 1 nitrogen and oxygen atoms in total. The van der Waals surface area contributed by atoms with Crippen LogP contribution >= 0.6 is 0 Å². The van der Waals surface area contributed by atoms with E-state index in [0.29, 0.717) is 0 Å². The van der Waals surface area contributed by atoms with Gasteiger partial charge in [0.15, 0.2) is 5.92 Å². The fraction of sp³-hybridized carbons (Fsp3) is 0.750. The summed E-state index contributed by atoms with van der Waals surface area (Å²) in [6, 6.07) is -1.86. The highest BCUT2D eigenvalue weighted by Gasteiger charge is 2.60. The molecular weight excluding hydrogens is 224 g/mol. The summed E-state index contributed by atoms with van der Waals surface area (Å²) >= 11 is 0. The van der Waals surface area contributed by atoms with Gasteiger partial charge in [0.1, 0.15) is 0 Å². The molecule has 0 saturated heterocycles. The number of rotatable bonds is 3. The van der Waals surface area contributed by atoms with Gasteiger partial charge in [0.05, 0.1) is 0 Å². The standard InChI is InChI=1S/C8H11F6N/c1-4(2)5(15-3)6(7(9,10)11)8(12,13)14/h5-6,15H,1H2,2-3H3. The predicted octanol–water partition coefficient (Wildman–Crippen LogP) is 2.89. The van der Waals surface area contributed by atoms with Crippen LogP contribution in [0.5, 0.6) is 0 Å². The third-order valence-corrected chi connectivity index (χ3v) is 1.88. The third kappa shape index (κ3) is 3.73. The van der Waals surface area contributed by atoms with E-state index in [0.717, 1.165) is 14.0 Å². The first-order chi connectivity index (χ1) is 6.51. The molecule has 1 unspecified atom stereocenters. The Morgan fingerprint density at radius 2 is 1.40 bits per heavy atom. The molecule has 0 fully saturated rings. The minimum atomic E-state index is -5.34. The van der Waals surface area contributed by atoms with E-state index in [-0.39, 0.29) is 5.57 Å². The topological polar surface area (TPSA) is 12.0 Å². The van der Waals surface area contributed by atoms with Gasteiger partial charge in [-0.1, -0.05) is 12.2 Å². The Morgan fingerprint density at radius 3 is 1.47 bits per heavy atom. The van der Waals surface area contributed by atoms with E-state index < -0.39 is 24.3 Å². The maximum absolute atomic E-state index is 12.2. The van der Waals surface area contributed by atoms with Gasteiger partial charge in [0.25, 0.3) is 0 Å². The second-order valence-electron chi connectivity index (χ2n) is 3.17. The first kappa shape index (κ1) is 14.3. The lowest BCUT2D eigenvalue weighted by Crippen LogP contribution is -2.50. The average Bonchev–Trinajstić information content (AvgIpc) is 1.93. The number of hydrogen-bond donors (Lipinski definition) is 1. The van der Waals surface area contributed by atoms with Crippen molar-refractivity contribution in [3.63, 3.8) is 0 Å². The van der Waals surface area contributed by atoms with E-state index in [1.807, 2.05) is 5.32 Å². The number of halogens is 6. The van der Waals surface area contributed by atoms with Crippen LogP contribution in [0.15, 0.2) is 12.2 Å². The number of likely N-dealkylation sites (N-methyl/N-ethyl adjacent to an activating group) is 1. The minimum Gasteiger partial charge on any atom is -0.312 e. The molecule has 0 spiro atoms. The summed E-state index contributed by atoms with van der Waals surface area (Å²) < 4.78 is 73.3. The van der Waals surface area contributed by atoms with Gasteiger partial charge in [0, 0.05) is 6.04 Å². The van der Waals surface area contributed by atoms with Crippen molar-refractivity contribution in [2.24, 2.45) is 5.92 Å². The normalized spacial score (nSPS) is 15.5. The summed E-state index contributed by atoms with van der Waals surface area (Å²) in [6.07, 6.45) is -10.7. The maximum atomic E-state index is 12.2. The molecule has 15 heavy (non-hydrogen) atoms. The van der Waals surface area contributed by atoms with Crippen molar-refractivity contribution >= 4 is 0 Å². The Labute approximate surface area is 83.1 Å². The number of alkyl halides is 6. The molecule has 0 amide bonds. The van der Waals surface area contributed by atoms with Gasteiger partial charge >= 0.3 is 12.4 Å². The van der Waals surface area contributed by atoms with Crippen molar-refractivity contribution in [3.05, 3.63) is 12.2 Å². The molecule has 1 atom stereocenters. The Hall–Kier alpha value is -0.720. The van der Waals surface area contributed by atoms with Crippen molar-refractivity contribution in [3.8, 4) is 0 Å². The van der Waals surface area contributed by atoms with Crippen LogP contribution in [0.25, 0.3) is 0 Å². The molecule has 0 aliphatic rings. The van der Waals surface area contributed by atoms with E-state index in [9.17, 15) is 26.3 Å². The summed E-state index contributed by atoms with van der Waals surface area (Å²) in [5.74, 6) is -3.42. The van der Waals surface area contributed by atoms with Gasteiger partial charge in [-0.3, -0.25) is 0 Å². The van der Waals surface area contributed by atoms with E-state index >= 15 is 0 Å². The van der Waals surface area contributed by atoms with Crippen LogP contribution in [0.3, 0.4) is 0 Å². The molecule has 0 heterocycles. The molecule has 1 N–H and O–H groups in total. The molecule has 0 rings (SSSR count). The Bertz CT molecular complexity index is 214. The molecule has 0 aromatic carbocycles. The lowest BCUT2D eigenvalue weighted by Gasteiger charge is -2.30. The summed E-state index contributed by atoms with van der Waals surface area (Å²) in [7, 11) is 1.03. The molecule has 0 bridgehead atoms. The highest BCUT2D eigenvalue weighted by atomic mass is 19.4. The van der Waals surface area contributed by atoms with E-state index in [4.69, 9.17) is 0 Å². The van der Waals surface area contributed by atoms with Crippen molar-refractivity contribution in [1.29, 1.82) is 0 Å². The van der Waals surface area contributed by atoms with Gasteiger partial charge in [-0.2, -0.15) is 26.3 Å². The van der Waals surface area contributed by atoms with Crippen LogP contribution in [-0.4, -0.2) is 25.4 Å². The molecule has 0 radical (unpaired) electrons. The second kappa shape index (κ2) is 4.42. The van der Waals surface area contributed by atoms with Crippen molar-refractivity contribution in [1.82, 2.24) is 5.32 Å². The Morgan fingerprint density at radius 1 is 1.07 bits per heavy atom. The lowest BCUT2D eigenvalue weighted by molar-refractivity contribution is -0.288. The fourth-order valence-electron chi connectivity index (χ4n) is 1.26. The summed E-state index contributed by atoms with van der Waals surface area (Å²) in [4.78, 5) is 0. The molecular formula is C8H11F6N. The molecule has 90 valence electrons. The zero-order chi connectivity index (χ0) is 12.4. The van der Waals surface area contributed by atoms with Crippen molar-refractivity contribution < 1.29 is 26.3 Å². The zero-order valence-electron chi connectivity index (χ0n) is 8.13. The van der Waals surface area contributed by atoms with Crippen LogP contribution in [0, 0.1) is 5.92 Å². The number of nitrogens with one attached hydrogen (secondary N) is 1. The average molecular weight is 235 g/mol. The van der Waals surface area contributed by atoms with Crippen molar-refractivity contribution in [2.45, 2.75) is 25.3 Å². The van der Waals surface area contributed by atoms with Gasteiger partial charge in [-0.05, 0) is 14.0 Å². The quantitative estimate of drug-likeness (QED) is 0.585. The maximum Gasteiger partial charge on any atom is 0.402 e. The summed E-state index contributed by atoms with van der Waals surface area (Å²) in [5.41, 5.74) is -0.211. The zero-order valence-corrected chi connectivity index (χ0v) is 8.13. The van der Waals surface area contributed by atoms with Crippen molar-refractivity contribution in [2.75, 3.05) is 7.05 Å². The minimum absolute atomic E-state index is 0.211. The molecule has 0 aliphatic heterocycles. The van der Waals surface area contributed by atoms with E-state index in [1.165, 1.54) is 0 Å². The first-order valence-electron chi connectivity index (χ1n) is 3.98. The van der Waals surface area contributed by atoms with E-state index in [2.05, 4.69) is 6.58 Å². The number of hydrogen-bond acceptors (Lipinski definition) is 1. The SMILES string of the molecule is C=C(C)C(NC)C(C(F)(F)F)C(F)(F)F. The van der Waals surface area contributed by atoms with Crippen LogP contribution in [0.2, 0.25) is 0 Å². The van der Waals surface area contributed by atoms with E-state index in [1.54, 1.807) is 0 Å². The Balaban J connectivity index is 5.19. The molecule has 7 heteroatoms. The highest BCUT2D eigenvalue weighted by Crippen LogP contribution is 2.42. The van der Waals surface area contributed by atoms with Crippen LogP contribution in [-0.2, 0) is 0 Å². The highest BCUT2D eigenvalue weighted by molar-refractivity contribution is 5.07. The monoisotopic (exact) mass is 235 g/mol. The van der Waals surface area contributed by atoms with Gasteiger partial charge in [-0.15, -0.1) is 0 Å². The van der Waals surface area contributed by atoms with Crippen LogP contribution in [0.4, 0.5) is 26.3 Å². The first-order valence-corrected chi connectivity index (χ1v) is 3.98. The molecule has 0 saturated carbocycles. The van der Waals surface area contributed by atoms with Gasteiger partial charge in [0.2, 0.25) is 0 Å².